The fourth-order valence-electron chi connectivity index (χ4n) is 1.90. The maximum atomic E-state index is 13.1. The predicted molar refractivity (Wildman–Crippen MR) is 73.2 cm³/mol. The number of hydrogen-bond donors (Lipinski definition) is 1. The Bertz CT molecular complexity index is 602. The van der Waals surface area contributed by atoms with Crippen LogP contribution in [0.25, 0.3) is 0 Å². The second kappa shape index (κ2) is 6.23. The Labute approximate surface area is 116 Å². The first-order valence-corrected chi connectivity index (χ1v) is 6.04. The maximum Gasteiger partial charge on any atom is 0.165 e. The van der Waals surface area contributed by atoms with Crippen LogP contribution in [0.1, 0.15) is 5.56 Å². The van der Waals surface area contributed by atoms with Gasteiger partial charge >= 0.3 is 0 Å². The lowest BCUT2D eigenvalue weighted by atomic mass is 10.1. The molecule has 0 unspecified atom stereocenters. The number of rotatable bonds is 5. The van der Waals surface area contributed by atoms with Crippen molar-refractivity contribution in [2.75, 3.05) is 19.5 Å². The van der Waals surface area contributed by atoms with E-state index in [4.69, 9.17) is 9.47 Å². The Hall–Kier alpha value is -2.30. The van der Waals surface area contributed by atoms with Crippen LogP contribution in [-0.2, 0) is 6.54 Å². The minimum absolute atomic E-state index is 0.408. The van der Waals surface area contributed by atoms with Gasteiger partial charge in [-0.1, -0.05) is 12.1 Å². The van der Waals surface area contributed by atoms with Gasteiger partial charge in [0.05, 0.1) is 14.2 Å². The second-order valence-electron chi connectivity index (χ2n) is 4.14. The zero-order valence-electron chi connectivity index (χ0n) is 11.2. The van der Waals surface area contributed by atoms with Crippen molar-refractivity contribution >= 4 is 5.69 Å². The molecule has 0 spiro atoms. The van der Waals surface area contributed by atoms with Crippen LogP contribution < -0.4 is 14.8 Å². The Morgan fingerprint density at radius 3 is 2.45 bits per heavy atom. The minimum atomic E-state index is -0.882. The van der Waals surface area contributed by atoms with E-state index in [9.17, 15) is 8.78 Å². The minimum Gasteiger partial charge on any atom is -0.493 e. The quantitative estimate of drug-likeness (QED) is 0.907. The van der Waals surface area contributed by atoms with Crippen LogP contribution in [0.5, 0.6) is 11.5 Å². The van der Waals surface area contributed by atoms with E-state index in [0.717, 1.165) is 17.7 Å². The molecule has 0 fully saturated rings. The summed E-state index contributed by atoms with van der Waals surface area (Å²) in [5.74, 6) is -0.510. The van der Waals surface area contributed by atoms with Crippen LogP contribution in [0.3, 0.4) is 0 Å². The van der Waals surface area contributed by atoms with E-state index in [1.807, 2.05) is 12.1 Å². The Morgan fingerprint density at radius 1 is 1.00 bits per heavy atom. The highest BCUT2D eigenvalue weighted by atomic mass is 19.2. The molecule has 0 amide bonds. The first-order chi connectivity index (χ1) is 9.65. The van der Waals surface area contributed by atoms with Gasteiger partial charge in [-0.2, -0.15) is 0 Å². The first-order valence-electron chi connectivity index (χ1n) is 6.04. The normalized spacial score (nSPS) is 10.2. The van der Waals surface area contributed by atoms with Crippen LogP contribution in [0.4, 0.5) is 14.5 Å². The van der Waals surface area contributed by atoms with Crippen LogP contribution in [-0.4, -0.2) is 14.2 Å². The van der Waals surface area contributed by atoms with Crippen molar-refractivity contribution in [3.63, 3.8) is 0 Å². The van der Waals surface area contributed by atoms with Crippen molar-refractivity contribution in [2.24, 2.45) is 0 Å². The molecule has 0 saturated heterocycles. The molecule has 0 atom stereocenters. The summed E-state index contributed by atoms with van der Waals surface area (Å²) < 4.78 is 36.5. The van der Waals surface area contributed by atoms with Crippen LogP contribution >= 0.6 is 0 Å². The molecular formula is C15H15F2NO2. The average Bonchev–Trinajstić information content (AvgIpc) is 2.47. The SMILES string of the molecule is COc1cccc(CNc2ccc(F)c(F)c2)c1OC. The first kappa shape index (κ1) is 14.1. The molecule has 0 aromatic heterocycles. The summed E-state index contributed by atoms with van der Waals surface area (Å²) in [5.41, 5.74) is 1.35. The Balaban J connectivity index is 2.16. The molecule has 0 saturated carbocycles. The summed E-state index contributed by atoms with van der Waals surface area (Å²) in [5, 5.41) is 3.01. The summed E-state index contributed by atoms with van der Waals surface area (Å²) in [6.45, 7) is 0.408. The fourth-order valence-corrected chi connectivity index (χ4v) is 1.90. The third-order valence-electron chi connectivity index (χ3n) is 2.89. The highest BCUT2D eigenvalue weighted by molar-refractivity contribution is 5.50. The van der Waals surface area contributed by atoms with Gasteiger partial charge in [0.1, 0.15) is 0 Å². The number of anilines is 1. The molecular weight excluding hydrogens is 264 g/mol. The summed E-state index contributed by atoms with van der Waals surface area (Å²) in [6.07, 6.45) is 0. The lowest BCUT2D eigenvalue weighted by Gasteiger charge is -2.13. The smallest absolute Gasteiger partial charge is 0.165 e. The monoisotopic (exact) mass is 279 g/mol. The van der Waals surface area contributed by atoms with Gasteiger partial charge in [0.25, 0.3) is 0 Å². The van der Waals surface area contributed by atoms with E-state index in [-0.39, 0.29) is 0 Å². The standard InChI is InChI=1S/C15H15F2NO2/c1-19-14-5-3-4-10(15(14)20-2)9-18-11-6-7-12(16)13(17)8-11/h3-8,18H,9H2,1-2H3. The topological polar surface area (TPSA) is 30.5 Å². The van der Waals surface area contributed by atoms with Crippen molar-refractivity contribution in [1.82, 2.24) is 0 Å². The average molecular weight is 279 g/mol. The van der Waals surface area contributed by atoms with Gasteiger partial charge in [-0.3, -0.25) is 0 Å². The van der Waals surface area contributed by atoms with Crippen LogP contribution in [0, 0.1) is 11.6 Å². The summed E-state index contributed by atoms with van der Waals surface area (Å²) in [4.78, 5) is 0. The molecule has 0 bridgehead atoms. The number of benzene rings is 2. The lowest BCUT2D eigenvalue weighted by Crippen LogP contribution is -2.03. The van der Waals surface area contributed by atoms with E-state index in [1.165, 1.54) is 6.07 Å². The van der Waals surface area contributed by atoms with Gasteiger partial charge < -0.3 is 14.8 Å². The fraction of sp³-hybridized carbons (Fsp3) is 0.200. The Morgan fingerprint density at radius 2 is 1.80 bits per heavy atom. The summed E-state index contributed by atoms with van der Waals surface area (Å²) >= 11 is 0. The second-order valence-corrected chi connectivity index (χ2v) is 4.14. The highest BCUT2D eigenvalue weighted by Gasteiger charge is 2.09. The van der Waals surface area contributed by atoms with Gasteiger partial charge in [0, 0.05) is 23.9 Å². The third kappa shape index (κ3) is 2.99. The number of nitrogens with one attached hydrogen (secondary N) is 1. The molecule has 0 aliphatic heterocycles. The van der Waals surface area contributed by atoms with E-state index < -0.39 is 11.6 Å². The number of hydrogen-bond acceptors (Lipinski definition) is 3. The molecule has 5 heteroatoms. The number of ether oxygens (including phenoxy) is 2. The molecule has 2 aromatic rings. The third-order valence-corrected chi connectivity index (χ3v) is 2.89. The molecule has 20 heavy (non-hydrogen) atoms. The van der Waals surface area contributed by atoms with Crippen molar-refractivity contribution in [2.45, 2.75) is 6.54 Å². The van der Waals surface area contributed by atoms with Gasteiger partial charge in [-0.05, 0) is 18.2 Å². The van der Waals surface area contributed by atoms with Crippen LogP contribution in [0.15, 0.2) is 36.4 Å². The molecule has 0 radical (unpaired) electrons. The van der Waals surface area contributed by atoms with E-state index >= 15 is 0 Å². The van der Waals surface area contributed by atoms with Crippen LogP contribution in [0.2, 0.25) is 0 Å². The van der Waals surface area contributed by atoms with Crippen molar-refractivity contribution in [1.29, 1.82) is 0 Å². The molecule has 2 rings (SSSR count). The van der Waals surface area contributed by atoms with Crippen molar-refractivity contribution < 1.29 is 18.3 Å². The Kier molecular flexibility index (Phi) is 4.40. The lowest BCUT2D eigenvalue weighted by molar-refractivity contribution is 0.352. The molecule has 2 aromatic carbocycles. The molecule has 3 nitrogen and oxygen atoms in total. The van der Waals surface area contributed by atoms with E-state index in [2.05, 4.69) is 5.32 Å². The number of halogens is 2. The molecule has 1 N–H and O–H groups in total. The molecule has 0 heterocycles. The van der Waals surface area contributed by atoms with E-state index in [1.54, 1.807) is 20.3 Å². The maximum absolute atomic E-state index is 13.1. The summed E-state index contributed by atoms with van der Waals surface area (Å²) in [6, 6.07) is 9.17. The van der Waals surface area contributed by atoms with Crippen molar-refractivity contribution in [3.05, 3.63) is 53.6 Å². The van der Waals surface area contributed by atoms with Gasteiger partial charge in [0.2, 0.25) is 0 Å². The van der Waals surface area contributed by atoms with Gasteiger partial charge in [-0.15, -0.1) is 0 Å². The zero-order valence-corrected chi connectivity index (χ0v) is 11.2. The van der Waals surface area contributed by atoms with Gasteiger partial charge in [0.15, 0.2) is 23.1 Å². The number of methoxy groups -OCH3 is 2. The molecule has 0 aliphatic rings. The molecule has 106 valence electrons. The zero-order chi connectivity index (χ0) is 14.5. The summed E-state index contributed by atoms with van der Waals surface area (Å²) in [7, 11) is 3.11. The van der Waals surface area contributed by atoms with Crippen molar-refractivity contribution in [3.8, 4) is 11.5 Å². The van der Waals surface area contributed by atoms with Gasteiger partial charge in [-0.25, -0.2) is 8.78 Å². The largest absolute Gasteiger partial charge is 0.493 e. The molecule has 0 aliphatic carbocycles. The van der Waals surface area contributed by atoms with E-state index in [0.29, 0.717) is 23.7 Å². The predicted octanol–water partition coefficient (Wildman–Crippen LogP) is 3.59. The number of para-hydroxylation sites is 1. The highest BCUT2D eigenvalue weighted by Crippen LogP contribution is 2.31.